The van der Waals surface area contributed by atoms with E-state index in [0.29, 0.717) is 71.4 Å². The zero-order valence-electron chi connectivity index (χ0n) is 45.1. The molecule has 0 aromatic heterocycles. The van der Waals surface area contributed by atoms with E-state index in [-0.39, 0.29) is 170 Å². The van der Waals surface area contributed by atoms with Crippen LogP contribution in [0.3, 0.4) is 0 Å². The van der Waals surface area contributed by atoms with Gasteiger partial charge in [0.1, 0.15) is 39.6 Å². The van der Waals surface area contributed by atoms with Gasteiger partial charge in [0.05, 0.1) is 59.3 Å². The molecule has 0 aliphatic rings. The molecular formula is C46H86N10O22. The number of carbonyl (C=O) groups excluding carboxylic acids is 9. The van der Waals surface area contributed by atoms with E-state index < -0.39 is 48.7 Å². The van der Waals surface area contributed by atoms with Crippen LogP contribution < -0.4 is 38.9 Å². The quantitative estimate of drug-likeness (QED) is 0.0204. The number of nitrogens with zero attached hydrogens (tertiary/aromatic N) is 3. The normalized spacial score (nSPS) is 10.8. The second-order valence-electron chi connectivity index (χ2n) is 16.2. The van der Waals surface area contributed by atoms with Gasteiger partial charge in [-0.1, -0.05) is 0 Å². The van der Waals surface area contributed by atoms with Crippen LogP contribution in [0.2, 0.25) is 0 Å². The standard InChI is InChI=1S/C46H86N10O22/c1-66-22-6-13-51-38(57)35-54(20-33-77-45(64)71-27-7-14-52-39(58)36-55(16-29-73-41(60)67-23-2-9-47)17-30-74-42(61)68-24-3-10-48)21-34-78-46(65)72-28-8-15-53-40(59)37-56(18-31-75-43(62)69-25-4-11-49)19-32-76-44(63)70-26-5-12-50/h2-37,47-50H2,1H3,(H,51,57)(H,52,58)(H,53,59). The van der Waals surface area contributed by atoms with Gasteiger partial charge in [0.15, 0.2) is 0 Å². The van der Waals surface area contributed by atoms with Crippen LogP contribution in [0.25, 0.3) is 0 Å². The van der Waals surface area contributed by atoms with Gasteiger partial charge in [-0.3, -0.25) is 29.1 Å². The molecule has 0 aromatic rings. The monoisotopic (exact) mass is 1130 g/mol. The predicted octanol–water partition coefficient (Wildman–Crippen LogP) is -1.63. The fraction of sp³-hybridized carbons (Fsp3) is 0.804. The van der Waals surface area contributed by atoms with Gasteiger partial charge in [-0.2, -0.15) is 0 Å². The van der Waals surface area contributed by atoms with Gasteiger partial charge in [0, 0.05) is 72.6 Å². The molecule has 0 unspecified atom stereocenters. The van der Waals surface area contributed by atoms with Crippen LogP contribution in [0, 0.1) is 0 Å². The Labute approximate surface area is 454 Å². The summed E-state index contributed by atoms with van der Waals surface area (Å²) in [7, 11) is 1.54. The average molecular weight is 1130 g/mol. The summed E-state index contributed by atoms with van der Waals surface area (Å²) < 4.78 is 65.3. The van der Waals surface area contributed by atoms with E-state index in [9.17, 15) is 43.2 Å². The minimum Gasteiger partial charge on any atom is -0.434 e. The highest BCUT2D eigenvalue weighted by Gasteiger charge is 2.18. The first-order valence-electron chi connectivity index (χ1n) is 25.8. The Morgan fingerprint density at radius 3 is 0.692 bits per heavy atom. The molecule has 0 aliphatic heterocycles. The number of nitrogens with two attached hydrogens (primary N) is 4. The van der Waals surface area contributed by atoms with Crippen molar-refractivity contribution in [1.82, 2.24) is 30.7 Å². The Balaban J connectivity index is 4.89. The van der Waals surface area contributed by atoms with Gasteiger partial charge < -0.3 is 100 Å². The van der Waals surface area contributed by atoms with Crippen molar-refractivity contribution in [3.8, 4) is 0 Å². The zero-order valence-corrected chi connectivity index (χ0v) is 45.1. The number of ether oxygens (including phenoxy) is 13. The molecule has 11 N–H and O–H groups in total. The van der Waals surface area contributed by atoms with Crippen molar-refractivity contribution in [1.29, 1.82) is 0 Å². The first kappa shape index (κ1) is 71.7. The molecule has 78 heavy (non-hydrogen) atoms. The first-order valence-corrected chi connectivity index (χ1v) is 25.8. The lowest BCUT2D eigenvalue weighted by Crippen LogP contribution is -2.41. The zero-order chi connectivity index (χ0) is 57.7. The van der Waals surface area contributed by atoms with E-state index in [1.165, 1.54) is 7.11 Å². The van der Waals surface area contributed by atoms with Crippen molar-refractivity contribution in [3.63, 3.8) is 0 Å². The molecule has 3 amide bonds. The van der Waals surface area contributed by atoms with Crippen molar-refractivity contribution < 1.29 is 105 Å². The highest BCUT2D eigenvalue weighted by Crippen LogP contribution is 2.00. The summed E-state index contributed by atoms with van der Waals surface area (Å²) in [5.74, 6) is -1.18. The van der Waals surface area contributed by atoms with Crippen LogP contribution in [0.1, 0.15) is 44.9 Å². The summed E-state index contributed by atoms with van der Waals surface area (Å²) in [6.45, 7) is 1.66. The summed E-state index contributed by atoms with van der Waals surface area (Å²) in [4.78, 5) is 115. The van der Waals surface area contributed by atoms with Gasteiger partial charge in [-0.15, -0.1) is 0 Å². The number of methoxy groups -OCH3 is 1. The van der Waals surface area contributed by atoms with Crippen molar-refractivity contribution in [2.24, 2.45) is 22.9 Å². The Bertz CT molecular complexity index is 1490. The molecule has 0 rings (SSSR count). The molecule has 0 atom stereocenters. The third-order valence-electron chi connectivity index (χ3n) is 9.71. The van der Waals surface area contributed by atoms with Gasteiger partial charge in [0.2, 0.25) is 17.7 Å². The number of amides is 3. The third kappa shape index (κ3) is 47.0. The highest BCUT2D eigenvalue weighted by atomic mass is 16.7. The van der Waals surface area contributed by atoms with Crippen LogP contribution in [0.15, 0.2) is 0 Å². The smallest absolute Gasteiger partial charge is 0.434 e. The van der Waals surface area contributed by atoms with Gasteiger partial charge in [-0.05, 0) is 71.1 Å². The van der Waals surface area contributed by atoms with Gasteiger partial charge in [-0.25, -0.2) is 28.8 Å². The fourth-order valence-corrected chi connectivity index (χ4v) is 5.70. The molecule has 0 heterocycles. The second-order valence-corrected chi connectivity index (χ2v) is 16.2. The molecule has 452 valence electrons. The lowest BCUT2D eigenvalue weighted by molar-refractivity contribution is -0.123. The van der Waals surface area contributed by atoms with E-state index in [0.717, 1.165) is 0 Å². The highest BCUT2D eigenvalue weighted by molar-refractivity contribution is 5.78. The largest absolute Gasteiger partial charge is 0.508 e. The number of carbonyl (C=O) groups is 9. The van der Waals surface area contributed by atoms with Crippen molar-refractivity contribution >= 4 is 54.7 Å². The molecule has 32 nitrogen and oxygen atoms in total. The predicted molar refractivity (Wildman–Crippen MR) is 273 cm³/mol. The van der Waals surface area contributed by atoms with Gasteiger partial charge >= 0.3 is 36.9 Å². The topological polar surface area (TPSA) is 424 Å². The molecule has 0 spiro atoms. The summed E-state index contributed by atoms with van der Waals surface area (Å²) in [5, 5.41) is 8.12. The minimum atomic E-state index is -1.00. The fourth-order valence-electron chi connectivity index (χ4n) is 5.70. The van der Waals surface area contributed by atoms with Crippen molar-refractivity contribution in [2.75, 3.05) is 198 Å². The minimum absolute atomic E-state index is 0.0489. The molecule has 0 aromatic carbocycles. The maximum atomic E-state index is 12.7. The van der Waals surface area contributed by atoms with Crippen molar-refractivity contribution in [3.05, 3.63) is 0 Å². The molecular weight excluding hydrogens is 1040 g/mol. The van der Waals surface area contributed by atoms with E-state index >= 15 is 0 Å². The number of rotatable bonds is 48. The van der Waals surface area contributed by atoms with E-state index in [2.05, 4.69) is 16.0 Å². The number of hydrogen-bond donors (Lipinski definition) is 7. The average Bonchev–Trinajstić information content (AvgIpc) is 3.39. The molecule has 0 saturated carbocycles. The molecule has 32 heteroatoms. The van der Waals surface area contributed by atoms with Gasteiger partial charge in [0.25, 0.3) is 0 Å². The molecule has 0 saturated heterocycles. The molecule has 0 radical (unpaired) electrons. The summed E-state index contributed by atoms with van der Waals surface area (Å²) >= 11 is 0. The molecule has 0 fully saturated rings. The maximum Gasteiger partial charge on any atom is 0.508 e. The van der Waals surface area contributed by atoms with Crippen molar-refractivity contribution in [2.45, 2.75) is 44.9 Å². The summed E-state index contributed by atoms with van der Waals surface area (Å²) in [5.41, 5.74) is 21.6. The van der Waals surface area contributed by atoms with Crippen LogP contribution in [0.4, 0.5) is 28.8 Å². The third-order valence-corrected chi connectivity index (χ3v) is 9.71. The summed E-state index contributed by atoms with van der Waals surface area (Å²) in [6, 6.07) is 0. The number of hydrogen-bond acceptors (Lipinski definition) is 29. The molecule has 0 bridgehead atoms. The maximum absolute atomic E-state index is 12.7. The second kappa shape index (κ2) is 51.5. The Kier molecular flexibility index (Phi) is 47.3. The van der Waals surface area contributed by atoms with E-state index in [1.54, 1.807) is 14.7 Å². The lowest BCUT2D eigenvalue weighted by atomic mass is 10.4. The Morgan fingerprint density at radius 2 is 0.487 bits per heavy atom. The van der Waals surface area contributed by atoms with E-state index in [1.807, 2.05) is 0 Å². The van der Waals surface area contributed by atoms with Crippen LogP contribution in [0.5, 0.6) is 0 Å². The van der Waals surface area contributed by atoms with Crippen LogP contribution >= 0.6 is 0 Å². The SMILES string of the molecule is COCCCNC(=O)CN(CCOC(=O)OCCCNC(=O)CN(CCOC(=O)OCCCN)CCOC(=O)OCCCN)CCOC(=O)OCCCNC(=O)CN(CCOC(=O)OCCCN)CCOC(=O)OCCCN. The van der Waals surface area contributed by atoms with E-state index in [4.69, 9.17) is 84.5 Å². The Morgan fingerprint density at radius 1 is 0.295 bits per heavy atom. The van der Waals surface area contributed by atoms with Crippen LogP contribution in [-0.2, 0) is 76.0 Å². The Hall–Kier alpha value is -6.29. The lowest BCUT2D eigenvalue weighted by Gasteiger charge is -2.21. The van der Waals surface area contributed by atoms with Crippen LogP contribution in [-0.4, -0.2) is 267 Å². The summed E-state index contributed by atoms with van der Waals surface area (Å²) in [6.07, 6.45) is -2.72. The first-order chi connectivity index (χ1) is 37.8. The molecule has 0 aliphatic carbocycles. The number of nitrogens with one attached hydrogen (secondary N) is 3.